The minimum Gasteiger partial charge on any atom is -0.379 e. The summed E-state index contributed by atoms with van der Waals surface area (Å²) < 4.78 is 19.1. The van der Waals surface area contributed by atoms with E-state index in [0.717, 1.165) is 26.4 Å². The Morgan fingerprint density at radius 2 is 1.38 bits per heavy atom. The molecule has 0 bridgehead atoms. The van der Waals surface area contributed by atoms with Crippen molar-refractivity contribution in [2.75, 3.05) is 26.4 Å². The lowest BCUT2D eigenvalue weighted by Gasteiger charge is -1.99. The van der Waals surface area contributed by atoms with Gasteiger partial charge in [0, 0.05) is 13.2 Å². The molecule has 0 unspecified atom stereocenters. The molecule has 0 aliphatic rings. The van der Waals surface area contributed by atoms with Gasteiger partial charge in [0.2, 0.25) is 0 Å². The Kier molecular flexibility index (Phi) is 12.1. The van der Waals surface area contributed by atoms with Crippen molar-refractivity contribution >= 4 is 7.75 Å². The van der Waals surface area contributed by atoms with Crippen LogP contribution in [0.15, 0.2) is 0 Å². The Balaban J connectivity index is 0. The summed E-state index contributed by atoms with van der Waals surface area (Å²) in [5, 5.41) is 0. The van der Waals surface area contributed by atoms with Crippen LogP contribution in [0.2, 0.25) is 0 Å². The average Bonchev–Trinajstić information content (AvgIpc) is 1.95. The van der Waals surface area contributed by atoms with Crippen molar-refractivity contribution in [2.45, 2.75) is 13.8 Å². The zero-order chi connectivity index (χ0) is 10.7. The van der Waals surface area contributed by atoms with Crippen LogP contribution in [0, 0.1) is 0 Å². The molecule has 13 heavy (non-hydrogen) atoms. The summed E-state index contributed by atoms with van der Waals surface area (Å²) in [6.45, 7) is 6.98. The summed E-state index contributed by atoms with van der Waals surface area (Å²) >= 11 is 0. The smallest absolute Gasteiger partial charge is 0.379 e. The molecule has 4 N–H and O–H groups in total. The molecule has 0 aliphatic heterocycles. The van der Waals surface area contributed by atoms with E-state index in [1.807, 2.05) is 13.8 Å². The molecule has 0 saturated carbocycles. The standard InChI is InChI=1S/C6H14O2.H4NO3P/c1-3-7-5-6-8-4-2;1-5(2,3)4/h3-6H2,1-2H3;(H4,1,2,3,4). The fourth-order valence-electron chi connectivity index (χ4n) is 0.407. The molecule has 6 nitrogen and oxygen atoms in total. The largest absolute Gasteiger partial charge is 0.397 e. The van der Waals surface area contributed by atoms with Gasteiger partial charge in [-0.1, -0.05) is 0 Å². The van der Waals surface area contributed by atoms with Crippen LogP contribution in [0.1, 0.15) is 13.8 Å². The van der Waals surface area contributed by atoms with Crippen LogP contribution < -0.4 is 5.50 Å². The molecule has 7 heteroatoms. The van der Waals surface area contributed by atoms with Crippen LogP contribution >= 0.6 is 7.75 Å². The quantitative estimate of drug-likeness (QED) is 0.444. The van der Waals surface area contributed by atoms with Crippen LogP contribution in [0.25, 0.3) is 0 Å². The van der Waals surface area contributed by atoms with Gasteiger partial charge in [0.25, 0.3) is 0 Å². The van der Waals surface area contributed by atoms with Crippen molar-refractivity contribution < 1.29 is 23.8 Å². The summed E-state index contributed by atoms with van der Waals surface area (Å²) in [5.41, 5.74) is 4.02. The zero-order valence-electron chi connectivity index (χ0n) is 7.97. The topological polar surface area (TPSA) is 102 Å². The van der Waals surface area contributed by atoms with E-state index in [1.165, 1.54) is 0 Å². The van der Waals surface area contributed by atoms with Gasteiger partial charge in [-0.25, -0.2) is 10.1 Å². The predicted molar refractivity (Wildman–Crippen MR) is 49.2 cm³/mol. The maximum absolute atomic E-state index is 9.10. The normalized spacial score (nSPS) is 10.5. The summed E-state index contributed by atoms with van der Waals surface area (Å²) in [6, 6.07) is 0. The second-order valence-electron chi connectivity index (χ2n) is 1.98. The maximum atomic E-state index is 9.10. The highest BCUT2D eigenvalue weighted by Gasteiger charge is 1.96. The van der Waals surface area contributed by atoms with E-state index in [0.29, 0.717) is 0 Å². The molecule has 0 amide bonds. The first-order valence-electron chi connectivity index (χ1n) is 3.91. The average molecular weight is 215 g/mol. The lowest BCUT2D eigenvalue weighted by Crippen LogP contribution is -2.02. The SMILES string of the molecule is CCOCCOCC.NP(=O)(O)O. The monoisotopic (exact) mass is 215 g/mol. The summed E-state index contributed by atoms with van der Waals surface area (Å²) in [6.07, 6.45) is 0. The third kappa shape index (κ3) is 47.8. The molecular formula is C6H18NO5P. The number of hydrogen-bond acceptors (Lipinski definition) is 3. The van der Waals surface area contributed by atoms with E-state index in [4.69, 9.17) is 23.8 Å². The molecule has 0 rings (SSSR count). The van der Waals surface area contributed by atoms with Gasteiger partial charge in [0.1, 0.15) is 0 Å². The van der Waals surface area contributed by atoms with Crippen molar-refractivity contribution in [3.8, 4) is 0 Å². The first kappa shape index (κ1) is 15.5. The lowest BCUT2D eigenvalue weighted by atomic mass is 10.7. The molecule has 0 fully saturated rings. The molecule has 0 aliphatic carbocycles. The molecule has 0 heterocycles. The summed E-state index contributed by atoms with van der Waals surface area (Å²) in [5.74, 6) is 0. The van der Waals surface area contributed by atoms with Crippen LogP contribution in [0.4, 0.5) is 0 Å². The molecule has 0 radical (unpaired) electrons. The fraction of sp³-hybridized carbons (Fsp3) is 1.00. The minimum atomic E-state index is -4.14. The Bertz CT molecular complexity index is 123. The predicted octanol–water partition coefficient (Wildman–Crippen LogP) is 0.0972. The minimum absolute atomic E-state index is 0.727. The number of nitrogens with two attached hydrogens (primary N) is 1. The van der Waals surface area contributed by atoms with Gasteiger partial charge in [-0.15, -0.1) is 0 Å². The van der Waals surface area contributed by atoms with Crippen LogP contribution in [-0.2, 0) is 14.0 Å². The van der Waals surface area contributed by atoms with E-state index < -0.39 is 7.75 Å². The highest BCUT2D eigenvalue weighted by molar-refractivity contribution is 7.49. The Morgan fingerprint density at radius 3 is 1.54 bits per heavy atom. The van der Waals surface area contributed by atoms with E-state index >= 15 is 0 Å². The fourth-order valence-corrected chi connectivity index (χ4v) is 0.407. The summed E-state index contributed by atoms with van der Waals surface area (Å²) in [7, 11) is -4.14. The third-order valence-electron chi connectivity index (χ3n) is 0.780. The van der Waals surface area contributed by atoms with Crippen LogP contribution in [0.3, 0.4) is 0 Å². The van der Waals surface area contributed by atoms with Crippen molar-refractivity contribution in [1.29, 1.82) is 0 Å². The Hall–Kier alpha value is 0.0300. The van der Waals surface area contributed by atoms with Crippen molar-refractivity contribution in [3.63, 3.8) is 0 Å². The highest BCUT2D eigenvalue weighted by atomic mass is 31.2. The Labute approximate surface area is 78.2 Å². The summed E-state index contributed by atoms with van der Waals surface area (Å²) in [4.78, 5) is 14.8. The van der Waals surface area contributed by atoms with E-state index in [2.05, 4.69) is 5.50 Å². The van der Waals surface area contributed by atoms with Gasteiger partial charge in [-0.3, -0.25) is 0 Å². The molecule has 0 aromatic rings. The molecular weight excluding hydrogens is 197 g/mol. The van der Waals surface area contributed by atoms with Gasteiger partial charge in [-0.2, -0.15) is 0 Å². The number of hydrogen-bond donors (Lipinski definition) is 3. The highest BCUT2D eigenvalue weighted by Crippen LogP contribution is 2.20. The molecule has 0 aromatic carbocycles. The molecule has 0 saturated heterocycles. The second-order valence-corrected chi connectivity index (χ2v) is 3.16. The van der Waals surface area contributed by atoms with Gasteiger partial charge in [0.05, 0.1) is 13.2 Å². The maximum Gasteiger partial charge on any atom is 0.397 e. The van der Waals surface area contributed by atoms with Gasteiger partial charge >= 0.3 is 7.75 Å². The molecule has 0 aromatic heterocycles. The molecule has 0 atom stereocenters. The number of rotatable bonds is 5. The Morgan fingerprint density at radius 1 is 1.15 bits per heavy atom. The van der Waals surface area contributed by atoms with E-state index in [9.17, 15) is 0 Å². The van der Waals surface area contributed by atoms with Crippen molar-refractivity contribution in [2.24, 2.45) is 5.50 Å². The first-order chi connectivity index (χ1) is 5.91. The lowest BCUT2D eigenvalue weighted by molar-refractivity contribution is 0.0584. The molecule has 0 spiro atoms. The second kappa shape index (κ2) is 10.1. The van der Waals surface area contributed by atoms with Gasteiger partial charge < -0.3 is 19.3 Å². The van der Waals surface area contributed by atoms with Gasteiger partial charge in [-0.05, 0) is 13.8 Å². The van der Waals surface area contributed by atoms with E-state index in [-0.39, 0.29) is 0 Å². The zero-order valence-corrected chi connectivity index (χ0v) is 8.87. The first-order valence-corrected chi connectivity index (χ1v) is 5.59. The number of ether oxygens (including phenoxy) is 2. The van der Waals surface area contributed by atoms with E-state index in [1.54, 1.807) is 0 Å². The van der Waals surface area contributed by atoms with Crippen LogP contribution in [-0.4, -0.2) is 36.2 Å². The van der Waals surface area contributed by atoms with Gasteiger partial charge in [0.15, 0.2) is 0 Å². The van der Waals surface area contributed by atoms with Crippen LogP contribution in [0.5, 0.6) is 0 Å². The van der Waals surface area contributed by atoms with Crippen molar-refractivity contribution in [3.05, 3.63) is 0 Å². The molecule has 82 valence electrons. The van der Waals surface area contributed by atoms with Crippen molar-refractivity contribution in [1.82, 2.24) is 0 Å². The third-order valence-corrected chi connectivity index (χ3v) is 0.780.